The van der Waals surface area contributed by atoms with Gasteiger partial charge in [0, 0.05) is 49.7 Å². The van der Waals surface area contributed by atoms with Gasteiger partial charge < -0.3 is 26.1 Å². The van der Waals surface area contributed by atoms with Crippen molar-refractivity contribution in [1.82, 2.24) is 15.1 Å². The van der Waals surface area contributed by atoms with Crippen molar-refractivity contribution >= 4 is 29.4 Å². The number of nitrogens with two attached hydrogens (primary N) is 1. The van der Waals surface area contributed by atoms with Crippen molar-refractivity contribution in [2.24, 2.45) is 10.7 Å². The van der Waals surface area contributed by atoms with Crippen molar-refractivity contribution in [2.45, 2.75) is 38.3 Å². The Hall–Kier alpha value is -2.75. The molecule has 3 aliphatic heterocycles. The Balaban J connectivity index is 1.46. The Kier molecular flexibility index (Phi) is 7.65. The highest BCUT2D eigenvalue weighted by molar-refractivity contribution is 6.39. The lowest BCUT2D eigenvalue weighted by Crippen LogP contribution is -2.46. The van der Waals surface area contributed by atoms with Gasteiger partial charge in [-0.2, -0.15) is 0 Å². The van der Waals surface area contributed by atoms with Crippen LogP contribution in [0.4, 0.5) is 4.39 Å². The Morgan fingerprint density at radius 1 is 1.38 bits per heavy atom. The van der Waals surface area contributed by atoms with Gasteiger partial charge in [-0.3, -0.25) is 9.69 Å². The molecule has 3 aliphatic rings. The highest BCUT2D eigenvalue weighted by Gasteiger charge is 2.32. The Morgan fingerprint density at radius 2 is 2.15 bits per heavy atom. The Labute approximate surface area is 203 Å². The fourth-order valence-corrected chi connectivity index (χ4v) is 4.65. The first-order chi connectivity index (χ1) is 16.4. The molecular formula is C24H30ClFN6O2. The predicted molar refractivity (Wildman–Crippen MR) is 131 cm³/mol. The third-order valence-electron chi connectivity index (χ3n) is 6.50. The number of nitrogens with zero attached hydrogens (tertiary/aromatic N) is 3. The van der Waals surface area contributed by atoms with Gasteiger partial charge >= 0.3 is 0 Å². The van der Waals surface area contributed by atoms with Crippen LogP contribution in [0.2, 0.25) is 0 Å². The summed E-state index contributed by atoms with van der Waals surface area (Å²) in [5, 5.41) is 11.7. The standard InChI is InChI=1S/C24H30ClFN6O2/c1-2-17(10-27)31-7-5-18(6-8-31)34-22-9-16(26)3-4-19(22)24(33)32-13-20(21(28)14-32)23-29-11-15(25)12-30-23/h3-4,9,11-12,17-18,28-29H,2,5-8,10,13-14,27H2,1H3/b23-20+,28-21?. The van der Waals surface area contributed by atoms with E-state index >= 15 is 0 Å². The van der Waals surface area contributed by atoms with Crippen LogP contribution in [-0.2, 0) is 0 Å². The molecule has 34 heavy (non-hydrogen) atoms. The van der Waals surface area contributed by atoms with Gasteiger partial charge in [-0.25, -0.2) is 9.38 Å². The van der Waals surface area contributed by atoms with E-state index in [2.05, 4.69) is 22.1 Å². The summed E-state index contributed by atoms with van der Waals surface area (Å²) in [6.07, 6.45) is 5.54. The Bertz CT molecular complexity index is 1040. The summed E-state index contributed by atoms with van der Waals surface area (Å²) < 4.78 is 20.2. The molecule has 1 amide bonds. The number of allylic oxidation sites excluding steroid dienone is 1. The molecule has 10 heteroatoms. The van der Waals surface area contributed by atoms with Crippen LogP contribution in [0.3, 0.4) is 0 Å². The zero-order chi connectivity index (χ0) is 24.2. The second-order valence-corrected chi connectivity index (χ2v) is 9.13. The van der Waals surface area contributed by atoms with E-state index in [-0.39, 0.29) is 30.9 Å². The molecule has 1 aromatic carbocycles. The maximum Gasteiger partial charge on any atom is 0.258 e. The van der Waals surface area contributed by atoms with E-state index in [1.54, 1.807) is 6.20 Å². The van der Waals surface area contributed by atoms with Crippen LogP contribution in [-0.4, -0.2) is 72.5 Å². The lowest BCUT2D eigenvalue weighted by molar-refractivity contribution is 0.0712. The lowest BCUT2D eigenvalue weighted by atomic mass is 10.0. The van der Waals surface area contributed by atoms with Gasteiger partial charge in [0.1, 0.15) is 23.5 Å². The van der Waals surface area contributed by atoms with Crippen molar-refractivity contribution in [1.29, 1.82) is 5.41 Å². The number of carbonyl (C=O) groups excluding carboxylic acids is 1. The van der Waals surface area contributed by atoms with Gasteiger partial charge in [0.15, 0.2) is 0 Å². The summed E-state index contributed by atoms with van der Waals surface area (Å²) in [7, 11) is 0. The second kappa shape index (κ2) is 10.7. The fourth-order valence-electron chi connectivity index (χ4n) is 4.55. The van der Waals surface area contributed by atoms with Crippen LogP contribution in [0.15, 0.2) is 45.8 Å². The number of hydrogen-bond acceptors (Lipinski definition) is 7. The molecule has 0 aliphatic carbocycles. The third-order valence-corrected chi connectivity index (χ3v) is 6.71. The van der Waals surface area contributed by atoms with E-state index in [1.165, 1.54) is 29.3 Å². The molecule has 0 radical (unpaired) electrons. The number of piperidine rings is 1. The maximum atomic E-state index is 14.1. The maximum absolute atomic E-state index is 14.1. The highest BCUT2D eigenvalue weighted by Crippen LogP contribution is 2.28. The molecule has 0 aromatic heterocycles. The summed E-state index contributed by atoms with van der Waals surface area (Å²) in [5.41, 5.74) is 7.08. The summed E-state index contributed by atoms with van der Waals surface area (Å²) in [5.74, 6) is -0.0322. The number of hydrogen-bond donors (Lipinski definition) is 3. The Morgan fingerprint density at radius 3 is 2.79 bits per heavy atom. The summed E-state index contributed by atoms with van der Waals surface area (Å²) in [6, 6.07) is 4.35. The summed E-state index contributed by atoms with van der Waals surface area (Å²) in [6.45, 7) is 4.81. The zero-order valence-corrected chi connectivity index (χ0v) is 19.9. The first-order valence-corrected chi connectivity index (χ1v) is 11.9. The third kappa shape index (κ3) is 5.32. The van der Waals surface area contributed by atoms with E-state index in [1.807, 2.05) is 0 Å². The minimum absolute atomic E-state index is 0.105. The number of nitrogens with one attached hydrogen (secondary N) is 2. The highest BCUT2D eigenvalue weighted by atomic mass is 35.5. The average Bonchev–Trinajstić information content (AvgIpc) is 3.23. The van der Waals surface area contributed by atoms with Crippen LogP contribution in [0.1, 0.15) is 36.5 Å². The SMILES string of the molecule is CCC(CN)N1CCC(Oc2cc(F)ccc2C(=O)N2CC(=N)/C(=C3/N=CC(Cl)=CN3)C2)CC1. The number of carbonyl (C=O) groups is 1. The fraction of sp³-hybridized carbons (Fsp3) is 0.458. The quantitative estimate of drug-likeness (QED) is 0.570. The zero-order valence-electron chi connectivity index (χ0n) is 19.2. The van der Waals surface area contributed by atoms with Crippen LogP contribution in [0, 0.1) is 11.2 Å². The molecular weight excluding hydrogens is 459 g/mol. The minimum atomic E-state index is -0.459. The molecule has 1 unspecified atom stereocenters. The number of likely N-dealkylation sites (tertiary alicyclic amines) is 2. The van der Waals surface area contributed by atoms with E-state index < -0.39 is 5.82 Å². The minimum Gasteiger partial charge on any atom is -0.489 e. The second-order valence-electron chi connectivity index (χ2n) is 8.69. The van der Waals surface area contributed by atoms with Crippen LogP contribution < -0.4 is 15.8 Å². The molecule has 4 rings (SSSR count). The van der Waals surface area contributed by atoms with Crippen LogP contribution in [0.5, 0.6) is 5.75 Å². The van der Waals surface area contributed by atoms with Crippen LogP contribution >= 0.6 is 11.6 Å². The number of amides is 1. The van der Waals surface area contributed by atoms with Gasteiger partial charge in [-0.15, -0.1) is 0 Å². The number of benzene rings is 1. The molecule has 2 fully saturated rings. The summed E-state index contributed by atoms with van der Waals surface area (Å²) >= 11 is 5.89. The molecule has 8 nitrogen and oxygen atoms in total. The van der Waals surface area contributed by atoms with E-state index in [4.69, 9.17) is 27.5 Å². The van der Waals surface area contributed by atoms with Gasteiger partial charge in [0.05, 0.1) is 29.4 Å². The van der Waals surface area contributed by atoms with Gasteiger partial charge in [0.25, 0.3) is 5.91 Å². The van der Waals surface area contributed by atoms with Gasteiger partial charge in [-0.1, -0.05) is 18.5 Å². The van der Waals surface area contributed by atoms with E-state index in [9.17, 15) is 9.18 Å². The number of aliphatic imine (C=N–C) groups is 1. The van der Waals surface area contributed by atoms with Crippen molar-refractivity contribution < 1.29 is 13.9 Å². The largest absolute Gasteiger partial charge is 0.489 e. The monoisotopic (exact) mass is 488 g/mol. The molecule has 2 saturated heterocycles. The van der Waals surface area contributed by atoms with Crippen LogP contribution in [0.25, 0.3) is 0 Å². The molecule has 1 aromatic rings. The number of ether oxygens (including phenoxy) is 1. The molecule has 0 saturated carbocycles. The van der Waals surface area contributed by atoms with Crippen molar-refractivity contribution in [3.05, 3.63) is 52.2 Å². The number of rotatable bonds is 6. The topological polar surface area (TPSA) is 107 Å². The molecule has 4 N–H and O–H groups in total. The lowest BCUT2D eigenvalue weighted by Gasteiger charge is -2.37. The van der Waals surface area contributed by atoms with Gasteiger partial charge in [-0.05, 0) is 31.4 Å². The molecule has 3 heterocycles. The first kappa shape index (κ1) is 24.4. The average molecular weight is 489 g/mol. The molecule has 1 atom stereocenters. The molecule has 0 spiro atoms. The van der Waals surface area contributed by atoms with Crippen molar-refractivity contribution in [2.75, 3.05) is 32.7 Å². The van der Waals surface area contributed by atoms with E-state index in [0.29, 0.717) is 40.3 Å². The summed E-state index contributed by atoms with van der Waals surface area (Å²) in [4.78, 5) is 21.5. The normalized spacial score (nSPS) is 22.5. The predicted octanol–water partition coefficient (Wildman–Crippen LogP) is 2.85. The van der Waals surface area contributed by atoms with Crippen molar-refractivity contribution in [3.8, 4) is 5.75 Å². The van der Waals surface area contributed by atoms with Gasteiger partial charge in [0.2, 0.25) is 0 Å². The molecule has 0 bridgehead atoms. The first-order valence-electron chi connectivity index (χ1n) is 11.6. The number of halogens is 2. The van der Waals surface area contributed by atoms with Crippen molar-refractivity contribution in [3.63, 3.8) is 0 Å². The van der Waals surface area contributed by atoms with E-state index in [0.717, 1.165) is 32.4 Å². The smallest absolute Gasteiger partial charge is 0.258 e. The molecule has 182 valence electrons.